The standard InChI is InChI=1S/C8H19NO2/c1-7(2)5-11-9-8(3)6-10-4/h7-9H,5-6H2,1-4H3. The second kappa shape index (κ2) is 6.58. The highest BCUT2D eigenvalue weighted by atomic mass is 16.6. The zero-order chi connectivity index (χ0) is 8.69. The number of nitrogens with one attached hydrogen (secondary N) is 1. The van der Waals surface area contributed by atoms with E-state index in [2.05, 4.69) is 19.3 Å². The van der Waals surface area contributed by atoms with Crippen LogP contribution in [0.4, 0.5) is 0 Å². The number of hydrogen-bond acceptors (Lipinski definition) is 3. The van der Waals surface area contributed by atoms with Crippen molar-refractivity contribution < 1.29 is 9.57 Å². The zero-order valence-electron chi connectivity index (χ0n) is 7.89. The summed E-state index contributed by atoms with van der Waals surface area (Å²) >= 11 is 0. The third-order valence-electron chi connectivity index (χ3n) is 1.12. The quantitative estimate of drug-likeness (QED) is 0.594. The molecule has 0 aromatic rings. The molecule has 0 aliphatic carbocycles. The monoisotopic (exact) mass is 161 g/mol. The van der Waals surface area contributed by atoms with Crippen molar-refractivity contribution in [1.29, 1.82) is 0 Å². The topological polar surface area (TPSA) is 30.5 Å². The molecule has 0 aromatic carbocycles. The first kappa shape index (κ1) is 10.9. The van der Waals surface area contributed by atoms with Gasteiger partial charge in [-0.25, -0.2) is 0 Å². The Balaban J connectivity index is 3.10. The lowest BCUT2D eigenvalue weighted by Gasteiger charge is -2.13. The maximum Gasteiger partial charge on any atom is 0.0705 e. The highest BCUT2D eigenvalue weighted by molar-refractivity contribution is 4.50. The van der Waals surface area contributed by atoms with Crippen molar-refractivity contribution in [2.24, 2.45) is 5.92 Å². The van der Waals surface area contributed by atoms with Gasteiger partial charge >= 0.3 is 0 Å². The van der Waals surface area contributed by atoms with Crippen LogP contribution in [-0.4, -0.2) is 26.4 Å². The van der Waals surface area contributed by atoms with Crippen molar-refractivity contribution in [3.05, 3.63) is 0 Å². The molecule has 0 radical (unpaired) electrons. The summed E-state index contributed by atoms with van der Waals surface area (Å²) in [5, 5.41) is 0. The van der Waals surface area contributed by atoms with Gasteiger partial charge in [0.25, 0.3) is 0 Å². The van der Waals surface area contributed by atoms with E-state index in [0.717, 1.165) is 6.61 Å². The summed E-state index contributed by atoms with van der Waals surface area (Å²) in [6, 6.07) is 0.263. The molecule has 3 nitrogen and oxygen atoms in total. The van der Waals surface area contributed by atoms with Crippen LogP contribution in [0, 0.1) is 5.92 Å². The van der Waals surface area contributed by atoms with E-state index in [1.165, 1.54) is 0 Å². The van der Waals surface area contributed by atoms with E-state index in [1.54, 1.807) is 7.11 Å². The lowest BCUT2D eigenvalue weighted by atomic mass is 10.2. The van der Waals surface area contributed by atoms with Gasteiger partial charge in [-0.05, 0) is 12.8 Å². The van der Waals surface area contributed by atoms with Crippen molar-refractivity contribution in [2.75, 3.05) is 20.3 Å². The van der Waals surface area contributed by atoms with Gasteiger partial charge in [-0.2, -0.15) is 5.48 Å². The van der Waals surface area contributed by atoms with E-state index in [-0.39, 0.29) is 6.04 Å². The molecule has 0 amide bonds. The fourth-order valence-electron chi connectivity index (χ4n) is 0.641. The molecular formula is C8H19NO2. The largest absolute Gasteiger partial charge is 0.383 e. The maximum atomic E-state index is 5.18. The van der Waals surface area contributed by atoms with Crippen LogP contribution in [0.25, 0.3) is 0 Å². The zero-order valence-corrected chi connectivity index (χ0v) is 7.89. The molecule has 0 aliphatic heterocycles. The molecule has 0 aromatic heterocycles. The molecular weight excluding hydrogens is 142 g/mol. The molecule has 0 heterocycles. The van der Waals surface area contributed by atoms with E-state index in [4.69, 9.17) is 9.57 Å². The van der Waals surface area contributed by atoms with Gasteiger partial charge in [0.1, 0.15) is 0 Å². The molecule has 0 saturated carbocycles. The van der Waals surface area contributed by atoms with Gasteiger partial charge in [-0.15, -0.1) is 0 Å². The number of hydroxylamine groups is 1. The van der Waals surface area contributed by atoms with E-state index in [1.807, 2.05) is 6.92 Å². The summed E-state index contributed by atoms with van der Waals surface area (Å²) in [7, 11) is 1.68. The van der Waals surface area contributed by atoms with Gasteiger partial charge in [0.15, 0.2) is 0 Å². The fraction of sp³-hybridized carbons (Fsp3) is 1.00. The molecule has 0 spiro atoms. The van der Waals surface area contributed by atoms with Crippen LogP contribution >= 0.6 is 0 Å². The number of rotatable bonds is 6. The number of hydrogen-bond donors (Lipinski definition) is 1. The van der Waals surface area contributed by atoms with Crippen LogP contribution in [0.2, 0.25) is 0 Å². The third kappa shape index (κ3) is 7.78. The second-order valence-corrected chi connectivity index (χ2v) is 3.18. The summed E-state index contributed by atoms with van der Waals surface area (Å²) in [5.74, 6) is 0.567. The molecule has 0 saturated heterocycles. The van der Waals surface area contributed by atoms with Crippen LogP contribution < -0.4 is 5.48 Å². The van der Waals surface area contributed by atoms with Gasteiger partial charge in [-0.1, -0.05) is 13.8 Å². The lowest BCUT2D eigenvalue weighted by Crippen LogP contribution is -2.31. The van der Waals surface area contributed by atoms with Gasteiger partial charge in [0.2, 0.25) is 0 Å². The van der Waals surface area contributed by atoms with Crippen molar-refractivity contribution in [3.8, 4) is 0 Å². The first-order chi connectivity index (χ1) is 5.16. The van der Waals surface area contributed by atoms with Crippen LogP contribution in [-0.2, 0) is 9.57 Å². The average Bonchev–Trinajstić information content (AvgIpc) is 1.87. The van der Waals surface area contributed by atoms with Gasteiger partial charge < -0.3 is 9.57 Å². The van der Waals surface area contributed by atoms with Gasteiger partial charge in [0, 0.05) is 7.11 Å². The summed E-state index contributed by atoms with van der Waals surface area (Å²) in [5.41, 5.74) is 2.89. The highest BCUT2D eigenvalue weighted by Gasteiger charge is 2.00. The van der Waals surface area contributed by atoms with Gasteiger partial charge in [-0.3, -0.25) is 0 Å². The molecule has 0 rings (SSSR count). The molecule has 0 aliphatic rings. The molecule has 11 heavy (non-hydrogen) atoms. The Labute approximate surface area is 69.0 Å². The maximum absolute atomic E-state index is 5.18. The summed E-state index contributed by atoms with van der Waals surface area (Å²) in [6.45, 7) is 7.67. The molecule has 0 bridgehead atoms. The first-order valence-corrected chi connectivity index (χ1v) is 4.03. The fourth-order valence-corrected chi connectivity index (χ4v) is 0.641. The predicted octanol–water partition coefficient (Wildman–Crippen LogP) is 1.20. The van der Waals surface area contributed by atoms with Crippen LogP contribution in [0.3, 0.4) is 0 Å². The molecule has 1 unspecified atom stereocenters. The molecule has 1 atom stereocenters. The molecule has 1 N–H and O–H groups in total. The second-order valence-electron chi connectivity index (χ2n) is 3.18. The van der Waals surface area contributed by atoms with E-state index in [0.29, 0.717) is 12.5 Å². The predicted molar refractivity (Wildman–Crippen MR) is 45.3 cm³/mol. The van der Waals surface area contributed by atoms with E-state index in [9.17, 15) is 0 Å². The molecule has 68 valence electrons. The summed E-state index contributed by atoms with van der Waals surface area (Å²) in [6.07, 6.45) is 0. The van der Waals surface area contributed by atoms with Crippen molar-refractivity contribution in [3.63, 3.8) is 0 Å². The lowest BCUT2D eigenvalue weighted by molar-refractivity contribution is -0.0122. The Morgan fingerprint density at radius 1 is 1.18 bits per heavy atom. The highest BCUT2D eigenvalue weighted by Crippen LogP contribution is 1.91. The average molecular weight is 161 g/mol. The number of ether oxygens (including phenoxy) is 1. The van der Waals surface area contributed by atoms with Crippen molar-refractivity contribution in [1.82, 2.24) is 5.48 Å². The Kier molecular flexibility index (Phi) is 6.51. The minimum atomic E-state index is 0.263. The van der Waals surface area contributed by atoms with Gasteiger partial charge in [0.05, 0.1) is 19.3 Å². The molecule has 0 fully saturated rings. The number of methoxy groups -OCH3 is 1. The Bertz CT molecular complexity index is 86.2. The van der Waals surface area contributed by atoms with Crippen molar-refractivity contribution >= 4 is 0 Å². The third-order valence-corrected chi connectivity index (χ3v) is 1.12. The van der Waals surface area contributed by atoms with Crippen LogP contribution in [0.15, 0.2) is 0 Å². The minimum Gasteiger partial charge on any atom is -0.383 e. The normalized spacial score (nSPS) is 13.9. The Morgan fingerprint density at radius 2 is 1.82 bits per heavy atom. The minimum absolute atomic E-state index is 0.263. The molecule has 3 heteroatoms. The van der Waals surface area contributed by atoms with Crippen LogP contribution in [0.5, 0.6) is 0 Å². The Morgan fingerprint density at radius 3 is 2.27 bits per heavy atom. The van der Waals surface area contributed by atoms with Crippen molar-refractivity contribution in [2.45, 2.75) is 26.8 Å². The summed E-state index contributed by atoms with van der Waals surface area (Å²) < 4.78 is 4.92. The van der Waals surface area contributed by atoms with Crippen LogP contribution in [0.1, 0.15) is 20.8 Å². The smallest absolute Gasteiger partial charge is 0.0705 e. The van der Waals surface area contributed by atoms with E-state index < -0.39 is 0 Å². The summed E-state index contributed by atoms with van der Waals surface area (Å²) in [4.78, 5) is 5.18. The van der Waals surface area contributed by atoms with E-state index >= 15 is 0 Å². The first-order valence-electron chi connectivity index (χ1n) is 4.03. The Hall–Kier alpha value is -0.120. The SMILES string of the molecule is COCC(C)NOCC(C)C.